The van der Waals surface area contributed by atoms with Crippen molar-refractivity contribution in [2.45, 2.75) is 26.3 Å². The second-order valence-electron chi connectivity index (χ2n) is 4.50. The lowest BCUT2D eigenvalue weighted by Crippen LogP contribution is -2.23. The quantitative estimate of drug-likeness (QED) is 0.774. The van der Waals surface area contributed by atoms with Crippen LogP contribution >= 0.6 is 0 Å². The second-order valence-corrected chi connectivity index (χ2v) is 4.50. The fraction of sp³-hybridized carbons (Fsp3) is 0.538. The summed E-state index contributed by atoms with van der Waals surface area (Å²) in [5.74, 6) is 0.710. The smallest absolute Gasteiger partial charge is 0.0421 e. The molecule has 15 heavy (non-hydrogen) atoms. The first-order valence-corrected chi connectivity index (χ1v) is 5.62. The number of benzene rings is 1. The molecule has 0 aliphatic rings. The van der Waals surface area contributed by atoms with E-state index in [2.05, 4.69) is 43.4 Å². The Morgan fingerprint density at radius 3 is 2.27 bits per heavy atom. The van der Waals surface area contributed by atoms with Gasteiger partial charge >= 0.3 is 0 Å². The van der Waals surface area contributed by atoms with E-state index in [1.54, 1.807) is 0 Å². The zero-order chi connectivity index (χ0) is 11.3. The number of nitrogens with one attached hydrogen (secondary N) is 1. The molecule has 0 saturated heterocycles. The van der Waals surface area contributed by atoms with Gasteiger partial charge in [0, 0.05) is 12.6 Å². The molecule has 84 valence electrons. The van der Waals surface area contributed by atoms with Crippen LogP contribution in [0, 0.1) is 5.92 Å². The first kappa shape index (κ1) is 12.2. The van der Waals surface area contributed by atoms with Crippen LogP contribution in [-0.4, -0.2) is 13.6 Å². The SMILES string of the molecule is CNCC(N)c1ccc(CC(C)C)cc1. The minimum Gasteiger partial charge on any atom is -0.323 e. The third-order valence-corrected chi connectivity index (χ3v) is 2.48. The minimum atomic E-state index is 0.100. The average molecular weight is 206 g/mol. The highest BCUT2D eigenvalue weighted by Crippen LogP contribution is 2.13. The molecule has 3 N–H and O–H groups in total. The molecule has 1 rings (SSSR count). The van der Waals surface area contributed by atoms with E-state index in [1.807, 2.05) is 7.05 Å². The van der Waals surface area contributed by atoms with Crippen molar-refractivity contribution < 1.29 is 0 Å². The van der Waals surface area contributed by atoms with Crippen molar-refractivity contribution in [2.24, 2.45) is 11.7 Å². The van der Waals surface area contributed by atoms with Crippen molar-refractivity contribution in [1.82, 2.24) is 5.32 Å². The summed E-state index contributed by atoms with van der Waals surface area (Å²) >= 11 is 0. The fourth-order valence-electron chi connectivity index (χ4n) is 1.71. The molecule has 2 nitrogen and oxygen atoms in total. The molecule has 1 aromatic rings. The first-order chi connectivity index (χ1) is 7.13. The number of hydrogen-bond acceptors (Lipinski definition) is 2. The molecule has 0 bridgehead atoms. The maximum Gasteiger partial charge on any atom is 0.0421 e. The van der Waals surface area contributed by atoms with Crippen molar-refractivity contribution in [1.29, 1.82) is 0 Å². The first-order valence-electron chi connectivity index (χ1n) is 5.62. The summed E-state index contributed by atoms with van der Waals surface area (Å²) in [6.45, 7) is 5.30. The van der Waals surface area contributed by atoms with E-state index in [0.29, 0.717) is 5.92 Å². The highest BCUT2D eigenvalue weighted by molar-refractivity contribution is 5.25. The summed E-state index contributed by atoms with van der Waals surface area (Å²) in [6.07, 6.45) is 1.14. The van der Waals surface area contributed by atoms with Crippen LogP contribution in [0.15, 0.2) is 24.3 Å². The third-order valence-electron chi connectivity index (χ3n) is 2.48. The second kappa shape index (κ2) is 5.89. The van der Waals surface area contributed by atoms with Gasteiger partial charge in [-0.05, 0) is 30.5 Å². The molecular weight excluding hydrogens is 184 g/mol. The van der Waals surface area contributed by atoms with E-state index < -0.39 is 0 Å². The molecule has 0 saturated carbocycles. The Bertz CT molecular complexity index is 277. The van der Waals surface area contributed by atoms with Gasteiger partial charge in [-0.2, -0.15) is 0 Å². The van der Waals surface area contributed by atoms with Crippen LogP contribution in [0.5, 0.6) is 0 Å². The van der Waals surface area contributed by atoms with E-state index >= 15 is 0 Å². The monoisotopic (exact) mass is 206 g/mol. The number of hydrogen-bond donors (Lipinski definition) is 2. The van der Waals surface area contributed by atoms with Gasteiger partial charge < -0.3 is 11.1 Å². The number of likely N-dealkylation sites (N-methyl/N-ethyl adjacent to an activating group) is 1. The summed E-state index contributed by atoms with van der Waals surface area (Å²) in [5.41, 5.74) is 8.59. The van der Waals surface area contributed by atoms with Gasteiger partial charge in [-0.25, -0.2) is 0 Å². The summed E-state index contributed by atoms with van der Waals surface area (Å²) < 4.78 is 0. The van der Waals surface area contributed by atoms with E-state index in [1.165, 1.54) is 11.1 Å². The lowest BCUT2D eigenvalue weighted by Gasteiger charge is -2.12. The Labute approximate surface area is 92.9 Å². The molecule has 0 heterocycles. The molecule has 1 atom stereocenters. The zero-order valence-corrected chi connectivity index (χ0v) is 9.96. The Kier molecular flexibility index (Phi) is 4.79. The Balaban J connectivity index is 2.63. The van der Waals surface area contributed by atoms with Gasteiger partial charge in [0.05, 0.1) is 0 Å². The predicted octanol–water partition coefficient (Wildman–Crippen LogP) is 2.10. The van der Waals surface area contributed by atoms with Gasteiger partial charge in [-0.15, -0.1) is 0 Å². The van der Waals surface area contributed by atoms with Crippen LogP contribution in [0.25, 0.3) is 0 Å². The van der Waals surface area contributed by atoms with Gasteiger partial charge in [-0.3, -0.25) is 0 Å². The van der Waals surface area contributed by atoms with Crippen LogP contribution in [0.4, 0.5) is 0 Å². The normalized spacial score (nSPS) is 13.1. The largest absolute Gasteiger partial charge is 0.323 e. The molecule has 1 aromatic carbocycles. The number of nitrogens with two attached hydrogens (primary N) is 1. The Morgan fingerprint density at radius 2 is 1.80 bits per heavy atom. The Hall–Kier alpha value is -0.860. The standard InChI is InChI=1S/C13H22N2/c1-10(2)8-11-4-6-12(7-5-11)13(14)9-15-3/h4-7,10,13,15H,8-9,14H2,1-3H3. The zero-order valence-electron chi connectivity index (χ0n) is 9.96. The topological polar surface area (TPSA) is 38.0 Å². The highest BCUT2D eigenvalue weighted by atomic mass is 14.9. The third kappa shape index (κ3) is 4.02. The molecule has 2 heteroatoms. The van der Waals surface area contributed by atoms with Crippen LogP contribution in [0.1, 0.15) is 31.0 Å². The van der Waals surface area contributed by atoms with Crippen molar-refractivity contribution in [3.8, 4) is 0 Å². The van der Waals surface area contributed by atoms with Crippen LogP contribution in [0.2, 0.25) is 0 Å². The van der Waals surface area contributed by atoms with E-state index in [4.69, 9.17) is 5.73 Å². The molecular formula is C13H22N2. The lowest BCUT2D eigenvalue weighted by molar-refractivity contribution is 0.642. The maximum atomic E-state index is 5.99. The van der Waals surface area contributed by atoms with Crippen molar-refractivity contribution >= 4 is 0 Å². The minimum absolute atomic E-state index is 0.100. The molecule has 0 fully saturated rings. The van der Waals surface area contributed by atoms with Gasteiger partial charge in [0.1, 0.15) is 0 Å². The highest BCUT2D eigenvalue weighted by Gasteiger charge is 2.04. The van der Waals surface area contributed by atoms with Gasteiger partial charge in [0.25, 0.3) is 0 Å². The number of rotatable bonds is 5. The molecule has 0 radical (unpaired) electrons. The summed E-state index contributed by atoms with van der Waals surface area (Å²) in [4.78, 5) is 0. The van der Waals surface area contributed by atoms with Crippen LogP contribution < -0.4 is 11.1 Å². The summed E-state index contributed by atoms with van der Waals surface area (Å²) in [7, 11) is 1.92. The van der Waals surface area contributed by atoms with Gasteiger partial charge in [0.15, 0.2) is 0 Å². The lowest BCUT2D eigenvalue weighted by atomic mass is 10.00. The van der Waals surface area contributed by atoms with Crippen molar-refractivity contribution in [3.05, 3.63) is 35.4 Å². The predicted molar refractivity (Wildman–Crippen MR) is 65.8 cm³/mol. The van der Waals surface area contributed by atoms with Crippen LogP contribution in [0.3, 0.4) is 0 Å². The molecule has 0 aromatic heterocycles. The van der Waals surface area contributed by atoms with Gasteiger partial charge in [0.2, 0.25) is 0 Å². The summed E-state index contributed by atoms with van der Waals surface area (Å²) in [6, 6.07) is 8.75. The van der Waals surface area contributed by atoms with E-state index in [0.717, 1.165) is 13.0 Å². The van der Waals surface area contributed by atoms with Crippen molar-refractivity contribution in [3.63, 3.8) is 0 Å². The molecule has 0 amide bonds. The van der Waals surface area contributed by atoms with Crippen LogP contribution in [-0.2, 0) is 6.42 Å². The van der Waals surface area contributed by atoms with Gasteiger partial charge in [-0.1, -0.05) is 38.1 Å². The fourth-order valence-corrected chi connectivity index (χ4v) is 1.71. The van der Waals surface area contributed by atoms with Crippen molar-refractivity contribution in [2.75, 3.05) is 13.6 Å². The molecule has 0 aliphatic carbocycles. The average Bonchev–Trinajstić information content (AvgIpc) is 2.18. The van der Waals surface area contributed by atoms with E-state index in [9.17, 15) is 0 Å². The molecule has 0 spiro atoms. The summed E-state index contributed by atoms with van der Waals surface area (Å²) in [5, 5.41) is 3.09. The Morgan fingerprint density at radius 1 is 1.20 bits per heavy atom. The van der Waals surface area contributed by atoms with E-state index in [-0.39, 0.29) is 6.04 Å². The maximum absolute atomic E-state index is 5.99. The molecule has 1 unspecified atom stereocenters. The molecule has 0 aliphatic heterocycles.